The molecular weight excluding hydrogens is 890 g/mol. The number of nitrogens with zero attached hydrogens (tertiary/aromatic N) is 6. The van der Waals surface area contributed by atoms with Gasteiger partial charge in [-0.25, -0.2) is 28.7 Å². The summed E-state index contributed by atoms with van der Waals surface area (Å²) in [5.74, 6) is -9.82. The number of aromatic nitrogens is 4. The Bertz CT molecular complexity index is 2030. The average molecular weight is 926 g/mol. The highest BCUT2D eigenvalue weighted by Crippen LogP contribution is 2.23. The molecule has 0 atom stereocenters. The third-order valence-corrected chi connectivity index (χ3v) is 7.34. The zero-order valence-corrected chi connectivity index (χ0v) is 32.4. The molecule has 16 nitrogen and oxygen atoms in total. The van der Waals surface area contributed by atoms with Crippen LogP contribution in [0.2, 0.25) is 0 Å². The number of hydrogen-bond acceptors (Lipinski definition) is 10. The maximum absolute atomic E-state index is 12.7. The SMILES string of the molecule is CC(C)(C)c1ccc(C(=O)Nc2cn3nc(N4CCN(Cc5ccccn5)CC4)ccc3n2)cc1.O=C(O)C(F)(F)F.O=C(O)C(F)(F)F.O=C(O)C(F)(F)F.O=C(O)C(F)(F)F. The number of fused-ring (bicyclic) bond motifs is 1. The number of amides is 1. The molecule has 1 saturated heterocycles. The van der Waals surface area contributed by atoms with Crippen molar-refractivity contribution in [3.05, 3.63) is 83.8 Å². The molecule has 0 radical (unpaired) electrons. The maximum atomic E-state index is 12.7. The number of imidazole rings is 1. The summed E-state index contributed by atoms with van der Waals surface area (Å²) >= 11 is 0. The van der Waals surface area contributed by atoms with Crippen molar-refractivity contribution in [3.8, 4) is 0 Å². The highest BCUT2D eigenvalue weighted by Gasteiger charge is 2.40. The number of pyridine rings is 1. The Kier molecular flexibility index (Phi) is 19.3. The van der Waals surface area contributed by atoms with Gasteiger partial charge >= 0.3 is 48.6 Å². The summed E-state index contributed by atoms with van der Waals surface area (Å²) in [5, 5.41) is 36.1. The summed E-state index contributed by atoms with van der Waals surface area (Å²) in [6.45, 7) is 11.0. The smallest absolute Gasteiger partial charge is 0.475 e. The summed E-state index contributed by atoms with van der Waals surface area (Å²) in [6, 6.07) is 17.7. The van der Waals surface area contributed by atoms with E-state index in [4.69, 9.17) is 44.7 Å². The Hall–Kier alpha value is -6.74. The van der Waals surface area contributed by atoms with Crippen LogP contribution in [0.5, 0.6) is 0 Å². The van der Waals surface area contributed by atoms with Gasteiger partial charge in [0.25, 0.3) is 5.91 Å². The van der Waals surface area contributed by atoms with Gasteiger partial charge in [-0.15, -0.1) is 5.10 Å². The molecule has 5 N–H and O–H groups in total. The van der Waals surface area contributed by atoms with Crippen molar-refractivity contribution in [2.75, 3.05) is 36.4 Å². The molecule has 1 aliphatic heterocycles. The van der Waals surface area contributed by atoms with Crippen LogP contribution in [0.3, 0.4) is 0 Å². The number of anilines is 2. The predicted octanol–water partition coefficient (Wildman–Crippen LogP) is 6.53. The van der Waals surface area contributed by atoms with E-state index in [1.54, 1.807) is 10.7 Å². The maximum Gasteiger partial charge on any atom is 0.490 e. The molecule has 0 unspecified atom stereocenters. The van der Waals surface area contributed by atoms with Crippen molar-refractivity contribution >= 4 is 47.1 Å². The fraction of sp³-hybridized carbons (Fsp3) is 0.371. The molecule has 0 bridgehead atoms. The number of benzene rings is 1. The number of rotatable bonds is 5. The molecule has 1 aromatic carbocycles. The number of alkyl halides is 12. The number of carboxylic acids is 4. The molecule has 3 aromatic heterocycles. The first-order valence-corrected chi connectivity index (χ1v) is 17.0. The number of hydrogen-bond donors (Lipinski definition) is 5. The predicted molar refractivity (Wildman–Crippen MR) is 193 cm³/mol. The molecule has 63 heavy (non-hydrogen) atoms. The summed E-state index contributed by atoms with van der Waals surface area (Å²) in [6.07, 6.45) is -16.7. The molecule has 1 amide bonds. The number of carbonyl (C=O) groups excluding carboxylic acids is 1. The van der Waals surface area contributed by atoms with E-state index < -0.39 is 48.6 Å². The van der Waals surface area contributed by atoms with Crippen LogP contribution in [0.15, 0.2) is 67.0 Å². The fourth-order valence-electron chi connectivity index (χ4n) is 4.27. The zero-order valence-electron chi connectivity index (χ0n) is 32.4. The number of piperazine rings is 1. The fourth-order valence-corrected chi connectivity index (χ4v) is 4.27. The van der Waals surface area contributed by atoms with Crippen LogP contribution in [0.25, 0.3) is 5.65 Å². The van der Waals surface area contributed by atoms with Crippen molar-refractivity contribution in [2.45, 2.75) is 57.4 Å². The van der Waals surface area contributed by atoms with Gasteiger partial charge in [0.2, 0.25) is 0 Å². The van der Waals surface area contributed by atoms with Gasteiger partial charge in [0, 0.05) is 44.5 Å². The lowest BCUT2D eigenvalue weighted by molar-refractivity contribution is -0.193. The molecule has 1 fully saturated rings. The van der Waals surface area contributed by atoms with E-state index in [0.717, 1.165) is 44.2 Å². The van der Waals surface area contributed by atoms with E-state index in [-0.39, 0.29) is 11.3 Å². The zero-order chi connectivity index (χ0) is 48.7. The van der Waals surface area contributed by atoms with Crippen molar-refractivity contribution in [1.29, 1.82) is 0 Å². The quantitative estimate of drug-likeness (QED) is 0.134. The van der Waals surface area contributed by atoms with Crippen LogP contribution in [-0.2, 0) is 31.1 Å². The summed E-state index contributed by atoms with van der Waals surface area (Å²) < 4.78 is 129. The van der Waals surface area contributed by atoms with Crippen LogP contribution in [0.4, 0.5) is 64.3 Å². The first kappa shape index (κ1) is 54.3. The lowest BCUT2D eigenvalue weighted by Crippen LogP contribution is -2.46. The minimum Gasteiger partial charge on any atom is -0.475 e. The molecule has 4 heterocycles. The van der Waals surface area contributed by atoms with Crippen LogP contribution in [0.1, 0.15) is 42.4 Å². The van der Waals surface area contributed by atoms with Crippen LogP contribution in [0, 0.1) is 0 Å². The molecule has 0 saturated carbocycles. The second-order valence-corrected chi connectivity index (χ2v) is 13.2. The van der Waals surface area contributed by atoms with Gasteiger partial charge in [0.1, 0.15) is 5.82 Å². The minimum atomic E-state index is -5.08. The number of nitrogens with one attached hydrogen (secondary N) is 1. The lowest BCUT2D eigenvalue weighted by Gasteiger charge is -2.35. The molecule has 5 rings (SSSR count). The van der Waals surface area contributed by atoms with E-state index in [0.29, 0.717) is 17.0 Å². The Morgan fingerprint density at radius 3 is 1.46 bits per heavy atom. The summed E-state index contributed by atoms with van der Waals surface area (Å²) in [7, 11) is 0. The van der Waals surface area contributed by atoms with Crippen molar-refractivity contribution in [2.24, 2.45) is 0 Å². The number of aliphatic carboxylic acids is 4. The van der Waals surface area contributed by atoms with Crippen LogP contribution < -0.4 is 10.2 Å². The molecule has 348 valence electrons. The molecule has 4 aromatic rings. The van der Waals surface area contributed by atoms with E-state index in [2.05, 4.69) is 51.9 Å². The van der Waals surface area contributed by atoms with E-state index in [9.17, 15) is 57.5 Å². The normalized spacial score (nSPS) is 13.3. The third-order valence-electron chi connectivity index (χ3n) is 7.34. The highest BCUT2D eigenvalue weighted by atomic mass is 19.4. The number of halogens is 12. The molecular formula is C35H35F12N7O9. The van der Waals surface area contributed by atoms with Crippen molar-refractivity contribution in [3.63, 3.8) is 0 Å². The third kappa shape index (κ3) is 20.1. The summed E-state index contributed by atoms with van der Waals surface area (Å²) in [4.78, 5) is 62.0. The molecule has 0 aliphatic carbocycles. The second-order valence-electron chi connectivity index (χ2n) is 13.2. The van der Waals surface area contributed by atoms with Crippen LogP contribution in [-0.4, -0.2) is 126 Å². The topological polar surface area (TPSA) is 228 Å². The van der Waals surface area contributed by atoms with Gasteiger partial charge in [-0.3, -0.25) is 14.7 Å². The largest absolute Gasteiger partial charge is 0.490 e. The molecule has 1 aliphatic rings. The molecule has 0 spiro atoms. The van der Waals surface area contributed by atoms with E-state index >= 15 is 0 Å². The van der Waals surface area contributed by atoms with Crippen molar-refractivity contribution in [1.82, 2.24) is 24.5 Å². The monoisotopic (exact) mass is 925 g/mol. The lowest BCUT2D eigenvalue weighted by atomic mass is 9.87. The summed E-state index contributed by atoms with van der Waals surface area (Å²) in [5.41, 5.74) is 3.63. The second kappa shape index (κ2) is 22.4. The first-order valence-electron chi connectivity index (χ1n) is 17.0. The first-order chi connectivity index (χ1) is 28.6. The average Bonchev–Trinajstić information content (AvgIpc) is 3.56. The van der Waals surface area contributed by atoms with Crippen LogP contribution >= 0.6 is 0 Å². The number of carbonyl (C=O) groups is 5. The highest BCUT2D eigenvalue weighted by molar-refractivity contribution is 6.03. The van der Waals surface area contributed by atoms with Gasteiger partial charge in [-0.2, -0.15) is 52.7 Å². The Morgan fingerprint density at radius 2 is 1.08 bits per heavy atom. The Balaban J connectivity index is 0.000000574. The van der Waals surface area contributed by atoms with E-state index in [1.165, 1.54) is 5.56 Å². The van der Waals surface area contributed by atoms with Crippen molar-refractivity contribution < 1.29 is 97.1 Å². The Labute approximate surface area is 346 Å². The molecule has 28 heteroatoms. The van der Waals surface area contributed by atoms with Gasteiger partial charge in [0.15, 0.2) is 11.5 Å². The van der Waals surface area contributed by atoms with Gasteiger partial charge in [0.05, 0.1) is 11.9 Å². The van der Waals surface area contributed by atoms with E-state index in [1.807, 2.05) is 54.7 Å². The number of carboxylic acid groups (broad SMARTS) is 4. The minimum absolute atomic E-state index is 0.0473. The van der Waals surface area contributed by atoms with Gasteiger partial charge in [-0.1, -0.05) is 39.0 Å². The van der Waals surface area contributed by atoms with Gasteiger partial charge in [-0.05, 0) is 47.4 Å². The van der Waals surface area contributed by atoms with Gasteiger partial charge < -0.3 is 30.6 Å². The Morgan fingerprint density at radius 1 is 0.635 bits per heavy atom. The standard InChI is InChI=1S/C27H31N7O.4C2HF3O2/c1-27(2,3)21-9-7-20(8-10-21)26(35)30-23-19-34-24(29-23)11-12-25(31-34)33-16-14-32(15-17-33)18-22-6-4-5-13-28-22;4*3-2(4,5)1(6)7/h4-13,19H,14-18H2,1-3H3,(H,30,35);4*(H,6,7).